The van der Waals surface area contributed by atoms with E-state index in [1.165, 1.54) is 0 Å². The van der Waals surface area contributed by atoms with Gasteiger partial charge in [0.1, 0.15) is 6.54 Å². The Hall–Kier alpha value is -1.63. The van der Waals surface area contributed by atoms with Crippen LogP contribution in [0.4, 0.5) is 0 Å². The first-order chi connectivity index (χ1) is 9.15. The van der Waals surface area contributed by atoms with Crippen molar-refractivity contribution in [2.24, 2.45) is 0 Å². The fourth-order valence-corrected chi connectivity index (χ4v) is 2.01. The van der Waals surface area contributed by atoms with E-state index in [2.05, 4.69) is 31.4 Å². The lowest BCUT2D eigenvalue weighted by Gasteiger charge is -2.06. The number of carbonyl (C=O) groups is 1. The predicted molar refractivity (Wildman–Crippen MR) is 74.5 cm³/mol. The summed E-state index contributed by atoms with van der Waals surface area (Å²) < 4.78 is 4.49. The minimum absolute atomic E-state index is 0.0200. The van der Waals surface area contributed by atoms with Crippen LogP contribution in [0, 0.1) is 6.92 Å². The molecule has 0 fully saturated rings. The Balaban J connectivity index is 1.66. The number of hydrogen-bond acceptors (Lipinski definition) is 3. The van der Waals surface area contributed by atoms with Crippen molar-refractivity contribution in [2.75, 3.05) is 6.54 Å². The fraction of sp³-hybridized carbons (Fsp3) is 0.417. The highest BCUT2D eigenvalue weighted by atomic mass is 79.9. The third-order valence-corrected chi connectivity index (χ3v) is 3.12. The van der Waals surface area contributed by atoms with Crippen LogP contribution in [0.1, 0.15) is 12.1 Å². The highest BCUT2D eigenvalue weighted by Gasteiger charge is 2.04. The first kappa shape index (κ1) is 13.8. The number of carbonyl (C=O) groups excluding carboxylic acids is 1. The van der Waals surface area contributed by atoms with E-state index in [9.17, 15) is 4.79 Å². The van der Waals surface area contributed by atoms with Crippen molar-refractivity contribution in [3.8, 4) is 0 Å². The Bertz CT molecular complexity index is 548. The van der Waals surface area contributed by atoms with Crippen molar-refractivity contribution in [2.45, 2.75) is 26.4 Å². The van der Waals surface area contributed by atoms with Crippen LogP contribution in [-0.2, 0) is 17.9 Å². The third kappa shape index (κ3) is 4.20. The Morgan fingerprint density at radius 3 is 2.95 bits per heavy atom. The minimum Gasteiger partial charge on any atom is -0.354 e. The van der Waals surface area contributed by atoms with Gasteiger partial charge in [0.25, 0.3) is 0 Å². The topological polar surface area (TPSA) is 64.7 Å². The van der Waals surface area contributed by atoms with Crippen LogP contribution in [0.3, 0.4) is 0 Å². The van der Waals surface area contributed by atoms with Crippen LogP contribution in [0.2, 0.25) is 0 Å². The summed E-state index contributed by atoms with van der Waals surface area (Å²) in [6, 6.07) is 1.88. The van der Waals surface area contributed by atoms with Gasteiger partial charge < -0.3 is 5.32 Å². The van der Waals surface area contributed by atoms with Crippen molar-refractivity contribution in [3.63, 3.8) is 0 Å². The number of hydrogen-bond donors (Lipinski definition) is 1. The lowest BCUT2D eigenvalue weighted by molar-refractivity contribution is -0.121. The standard InChI is InChI=1S/C12H16BrN5O/c1-10-3-5-15-18(10)9-12(19)14-4-2-6-17-8-11(13)7-16-17/h3,5,7-8H,2,4,6,9H2,1H3,(H,14,19). The second-order valence-electron chi connectivity index (χ2n) is 4.26. The summed E-state index contributed by atoms with van der Waals surface area (Å²) in [6.45, 7) is 3.62. The number of amides is 1. The molecule has 2 rings (SSSR count). The molecule has 0 spiro atoms. The number of aryl methyl sites for hydroxylation is 2. The molecule has 19 heavy (non-hydrogen) atoms. The molecule has 0 aromatic carbocycles. The summed E-state index contributed by atoms with van der Waals surface area (Å²) in [7, 11) is 0. The molecule has 0 aliphatic heterocycles. The molecular formula is C12H16BrN5O. The number of nitrogens with one attached hydrogen (secondary N) is 1. The van der Waals surface area contributed by atoms with Crippen LogP contribution >= 0.6 is 15.9 Å². The first-order valence-electron chi connectivity index (χ1n) is 6.08. The molecule has 102 valence electrons. The number of nitrogens with zero attached hydrogens (tertiary/aromatic N) is 4. The molecule has 0 saturated carbocycles. The van der Waals surface area contributed by atoms with E-state index in [0.29, 0.717) is 6.54 Å². The smallest absolute Gasteiger partial charge is 0.241 e. The van der Waals surface area contributed by atoms with Gasteiger partial charge in [0, 0.05) is 31.2 Å². The molecule has 0 unspecified atom stereocenters. The maximum Gasteiger partial charge on any atom is 0.241 e. The molecule has 1 N–H and O–H groups in total. The number of halogens is 1. The molecule has 7 heteroatoms. The molecule has 0 aliphatic rings. The molecule has 0 radical (unpaired) electrons. The number of rotatable bonds is 6. The first-order valence-corrected chi connectivity index (χ1v) is 6.87. The van der Waals surface area contributed by atoms with Crippen LogP contribution in [-0.4, -0.2) is 32.0 Å². The van der Waals surface area contributed by atoms with Gasteiger partial charge in [0.2, 0.25) is 5.91 Å². The van der Waals surface area contributed by atoms with E-state index in [-0.39, 0.29) is 12.5 Å². The molecule has 1 amide bonds. The van der Waals surface area contributed by atoms with E-state index in [0.717, 1.165) is 23.1 Å². The molecule has 2 aromatic rings. The van der Waals surface area contributed by atoms with Gasteiger partial charge in [0.05, 0.1) is 10.7 Å². The molecular weight excluding hydrogens is 310 g/mol. The molecule has 2 aromatic heterocycles. The van der Waals surface area contributed by atoms with Crippen LogP contribution in [0.5, 0.6) is 0 Å². The van der Waals surface area contributed by atoms with Gasteiger partial charge in [-0.05, 0) is 35.3 Å². The summed E-state index contributed by atoms with van der Waals surface area (Å²) >= 11 is 3.34. The largest absolute Gasteiger partial charge is 0.354 e. The van der Waals surface area contributed by atoms with Gasteiger partial charge in [-0.1, -0.05) is 0 Å². The lowest BCUT2D eigenvalue weighted by Crippen LogP contribution is -2.29. The van der Waals surface area contributed by atoms with Crippen LogP contribution in [0.15, 0.2) is 29.1 Å². The van der Waals surface area contributed by atoms with E-state index in [4.69, 9.17) is 0 Å². The van der Waals surface area contributed by atoms with Crippen molar-refractivity contribution in [3.05, 3.63) is 34.8 Å². The molecule has 0 saturated heterocycles. The van der Waals surface area contributed by atoms with Gasteiger partial charge >= 0.3 is 0 Å². The van der Waals surface area contributed by atoms with Crippen LogP contribution in [0.25, 0.3) is 0 Å². The molecule has 0 aliphatic carbocycles. The monoisotopic (exact) mass is 325 g/mol. The predicted octanol–water partition coefficient (Wildman–Crippen LogP) is 1.36. The summed E-state index contributed by atoms with van der Waals surface area (Å²) in [4.78, 5) is 11.7. The van der Waals surface area contributed by atoms with Crippen molar-refractivity contribution in [1.82, 2.24) is 24.9 Å². The molecule has 0 atom stereocenters. The summed E-state index contributed by atoms with van der Waals surface area (Å²) in [5.41, 5.74) is 0.983. The maximum atomic E-state index is 11.7. The normalized spacial score (nSPS) is 10.6. The van der Waals surface area contributed by atoms with E-state index >= 15 is 0 Å². The van der Waals surface area contributed by atoms with Gasteiger partial charge in [-0.3, -0.25) is 14.2 Å². The van der Waals surface area contributed by atoms with Crippen molar-refractivity contribution < 1.29 is 4.79 Å². The SMILES string of the molecule is Cc1ccnn1CC(=O)NCCCn1cc(Br)cn1. The zero-order valence-electron chi connectivity index (χ0n) is 10.7. The molecule has 0 bridgehead atoms. The summed E-state index contributed by atoms with van der Waals surface area (Å²) in [5, 5.41) is 11.1. The van der Waals surface area contributed by atoms with E-state index < -0.39 is 0 Å². The van der Waals surface area contributed by atoms with E-state index in [1.807, 2.05) is 23.9 Å². The van der Waals surface area contributed by atoms with Gasteiger partial charge in [0.15, 0.2) is 0 Å². The van der Waals surface area contributed by atoms with Gasteiger partial charge in [-0.15, -0.1) is 0 Å². The van der Waals surface area contributed by atoms with Crippen molar-refractivity contribution in [1.29, 1.82) is 0 Å². The highest BCUT2D eigenvalue weighted by Crippen LogP contribution is 2.06. The van der Waals surface area contributed by atoms with Crippen molar-refractivity contribution >= 4 is 21.8 Å². The lowest BCUT2D eigenvalue weighted by atomic mass is 10.4. The average molecular weight is 326 g/mol. The Kier molecular flexibility index (Phi) is 4.73. The highest BCUT2D eigenvalue weighted by molar-refractivity contribution is 9.10. The fourth-order valence-electron chi connectivity index (χ4n) is 1.69. The zero-order chi connectivity index (χ0) is 13.7. The quantitative estimate of drug-likeness (QED) is 0.815. The van der Waals surface area contributed by atoms with Gasteiger partial charge in [-0.25, -0.2) is 0 Å². The Morgan fingerprint density at radius 2 is 2.32 bits per heavy atom. The number of aromatic nitrogens is 4. The molecule has 6 nitrogen and oxygen atoms in total. The maximum absolute atomic E-state index is 11.7. The zero-order valence-corrected chi connectivity index (χ0v) is 12.3. The average Bonchev–Trinajstić information content (AvgIpc) is 2.95. The second-order valence-corrected chi connectivity index (χ2v) is 5.17. The summed E-state index contributed by atoms with van der Waals surface area (Å²) in [5.74, 6) is -0.0200. The van der Waals surface area contributed by atoms with Gasteiger partial charge in [-0.2, -0.15) is 10.2 Å². The minimum atomic E-state index is -0.0200. The summed E-state index contributed by atoms with van der Waals surface area (Å²) in [6.07, 6.45) is 6.20. The second kappa shape index (κ2) is 6.51. The molecule has 2 heterocycles. The van der Waals surface area contributed by atoms with Crippen LogP contribution < -0.4 is 5.32 Å². The Labute approximate surface area is 119 Å². The Morgan fingerprint density at radius 1 is 1.47 bits per heavy atom. The van der Waals surface area contributed by atoms with E-state index in [1.54, 1.807) is 17.1 Å². The third-order valence-electron chi connectivity index (χ3n) is 2.71.